The average molecular weight is 1920 g/mol. The Labute approximate surface area is 890 Å². The number of hydrogen-bond donors (Lipinski definition) is 3. The minimum absolute atomic E-state index is 0. The van der Waals surface area contributed by atoms with Gasteiger partial charge in [0.2, 0.25) is 0 Å². The number of halogens is 1. The number of aliphatic hydroxyl groups is 3. The molecule has 0 aromatic heterocycles. The molecule has 1 spiro atoms. The Morgan fingerprint density at radius 1 is 0.363 bits per heavy atom. The molecule has 8 nitrogen and oxygen atoms in total. The maximum absolute atomic E-state index is 11.8. The van der Waals surface area contributed by atoms with E-state index < -0.39 is 0 Å². The van der Waals surface area contributed by atoms with Gasteiger partial charge in [-0.25, -0.2) is 0 Å². The molecule has 2 heterocycles. The molecule has 771 valence electrons. The number of fused-ring (bicyclic) bond motifs is 25. The Morgan fingerprint density at radius 3 is 0.837 bits per heavy atom. The van der Waals surface area contributed by atoms with Crippen LogP contribution >= 0.6 is 12.1 Å². The van der Waals surface area contributed by atoms with Crippen LogP contribution in [-0.2, 0) is 19.1 Å². The summed E-state index contributed by atoms with van der Waals surface area (Å²) in [5.74, 6) is 24.6. The van der Waals surface area contributed by atoms with Gasteiger partial charge in [-0.1, -0.05) is 158 Å². The van der Waals surface area contributed by atoms with E-state index in [2.05, 4.69) is 99.6 Å². The summed E-state index contributed by atoms with van der Waals surface area (Å²) in [6, 6.07) is 0. The van der Waals surface area contributed by atoms with Crippen LogP contribution in [0.15, 0.2) is 58.2 Å². The minimum atomic E-state index is 0. The molecule has 0 bridgehead atoms. The molecule has 0 aromatic carbocycles. The Kier molecular flexibility index (Phi) is 53.9. The Hall–Kier alpha value is 0.145. The maximum Gasteiger partial charge on any atom is 1.00 e. The smallest absolute Gasteiger partial charge is 1.00 e. The van der Waals surface area contributed by atoms with Gasteiger partial charge in [-0.3, -0.25) is 9.59 Å². The topological polar surface area (TPSA) is 140 Å². The van der Waals surface area contributed by atoms with Crippen molar-refractivity contribution in [1.82, 2.24) is 0 Å². The summed E-state index contributed by atoms with van der Waals surface area (Å²) in [4.78, 5) is 23.7. The van der Waals surface area contributed by atoms with Gasteiger partial charge in [0, 0.05) is 75.6 Å². The molecule has 2 aliphatic heterocycles. The first-order valence-electron chi connectivity index (χ1n) is 56.3. The summed E-state index contributed by atoms with van der Waals surface area (Å²) in [5, 5.41) is 35.3. The van der Waals surface area contributed by atoms with Crippen LogP contribution in [0.3, 0.4) is 0 Å². The van der Waals surface area contributed by atoms with E-state index in [1.807, 2.05) is 5.57 Å². The molecule has 22 aliphatic rings. The zero-order valence-electron chi connectivity index (χ0n) is 90.0. The summed E-state index contributed by atoms with van der Waals surface area (Å²) >= 11 is 0.250. The largest absolute Gasteiger partial charge is 1.00 e. The van der Waals surface area contributed by atoms with Crippen LogP contribution in [-0.4, -0.2) is 93.4 Å². The number of epoxide rings is 1. The van der Waals surface area contributed by atoms with Crippen molar-refractivity contribution in [2.75, 3.05) is 40.3 Å². The number of rotatable bonds is 0. The molecule has 2 saturated heterocycles. The second kappa shape index (κ2) is 58.8. The van der Waals surface area contributed by atoms with Gasteiger partial charge in [0.1, 0.15) is 11.6 Å². The number of ketones is 2. The fourth-order valence-electron chi connectivity index (χ4n) is 37.4. The van der Waals surface area contributed by atoms with Gasteiger partial charge < -0.3 is 31.3 Å². The number of ether oxygens (including phenoxy) is 2. The van der Waals surface area contributed by atoms with Crippen molar-refractivity contribution in [3.8, 4) is 0 Å². The van der Waals surface area contributed by atoms with E-state index in [1.165, 1.54) is 289 Å². The van der Waals surface area contributed by atoms with Gasteiger partial charge in [0.15, 0.2) is 0 Å². The van der Waals surface area contributed by atoms with Crippen molar-refractivity contribution in [1.29, 1.82) is 0 Å². The van der Waals surface area contributed by atoms with Crippen LogP contribution in [0.25, 0.3) is 0 Å². The second-order valence-electron chi connectivity index (χ2n) is 47.2. The third kappa shape index (κ3) is 27.4. The molecule has 0 amide bonds. The fraction of sp³-hybridized carbons (Fsp3) is 0.902. The maximum atomic E-state index is 11.8. The molecule has 33 atom stereocenters. The summed E-state index contributed by atoms with van der Waals surface area (Å²) in [5.41, 5.74) is 11.9. The van der Waals surface area contributed by atoms with E-state index in [4.69, 9.17) is 22.4 Å². The van der Waals surface area contributed by atoms with Crippen LogP contribution in [0, 0.1) is 175 Å². The summed E-state index contributed by atoms with van der Waals surface area (Å²) in [6.07, 6.45) is 83.6. The number of aliphatic hydroxyl groups excluding tert-OH is 3. The zero-order valence-corrected chi connectivity index (χ0v) is 91.8. The van der Waals surface area contributed by atoms with E-state index in [-0.39, 0.29) is 130 Å². The Morgan fingerprint density at radius 2 is 0.593 bits per heavy atom. The number of allylic oxidation sites excluding steroid dienone is 10. The molecule has 135 heavy (non-hydrogen) atoms. The molecule has 20 aliphatic carbocycles. The second-order valence-corrected chi connectivity index (χ2v) is 47.5. The van der Waals surface area contributed by atoms with Crippen LogP contribution < -0.4 is 64.2 Å². The summed E-state index contributed by atoms with van der Waals surface area (Å²) in [6.45, 7) is 32.0. The fourth-order valence-corrected chi connectivity index (χ4v) is 37.4. The van der Waals surface area contributed by atoms with Crippen LogP contribution in [0.1, 0.15) is 472 Å². The predicted octanol–water partition coefficient (Wildman–Crippen LogP) is 27.1. The average Bonchev–Trinajstić information content (AvgIpc) is 1.68. The van der Waals surface area contributed by atoms with Crippen molar-refractivity contribution < 1.29 is 107 Å². The third-order valence-electron chi connectivity index (χ3n) is 43.0. The van der Waals surface area contributed by atoms with E-state index in [9.17, 15) is 23.7 Å². The molecule has 3 radical (unpaired) electrons. The first-order valence-corrected chi connectivity index (χ1v) is 56.0. The van der Waals surface area contributed by atoms with Gasteiger partial charge in [0.25, 0.3) is 0 Å². The van der Waals surface area contributed by atoms with Crippen LogP contribution in [0.4, 0.5) is 3.89 Å². The van der Waals surface area contributed by atoms with Gasteiger partial charge in [-0.05, 0) is 518 Å². The van der Waals surface area contributed by atoms with Crippen molar-refractivity contribution in [3.05, 3.63) is 58.2 Å². The first-order chi connectivity index (χ1) is 62.4. The van der Waals surface area contributed by atoms with Crippen molar-refractivity contribution in [2.45, 2.75) is 486 Å². The quantitative estimate of drug-likeness (QED) is 0.123. The van der Waals surface area contributed by atoms with Crippen molar-refractivity contribution >= 4 is 32.1 Å². The number of carbonyl (C=O) groups excluding carboxylic acids is 2. The summed E-state index contributed by atoms with van der Waals surface area (Å²) in [7, 11) is 1.75. The number of hydrogen-bond acceptors (Lipinski definition) is 9. The summed E-state index contributed by atoms with van der Waals surface area (Å²) < 4.78 is 33.4. The molecule has 20 saturated carbocycles. The SMILES string of the molecule is C.C.C.C.C.C/C=C1\CCC[C@H]2[C@@H]3CC[C@H]4CC(=O)CC[C@@H]4[C@H]3CC[C@]12C.C/C=C1\CCC[C@H]2[C@@H]3CC[C@H]4C[C@@H](O)CC[C@@H]4[C@H]3CC[C@]12C.C/C=C1\CCC[C@H]2[C@@H]3CC[C@H]4C[C@]5(CC[C@@H]4[C@H]3CC[C@]12C)CO5.C1CCOC1.CC=C1CCC[C@H]2[C@@H]3CC[C@H]4CC(=O)CC[C@@H]4[C@H]3CC[C@]12C.CC=C1CCC[C@H]2[C@@H]3CC[C@H]4CC(O)CC[C@@H]4[C@H]3CC[C@]12C.CO.CSF.C[O-].[2H]CC.[2H]CC.[B].[H-].[Na+].[Na+]. The van der Waals surface area contributed by atoms with Crippen LogP contribution in [0.5, 0.6) is 0 Å². The standard InChI is InChI=1S/C22H34O.2C21H34O.2C21H32O.C4H8O.2C2H6.CH3FS.CH4O.CH3O.5CH4.B.2Na.H/c1-3-16-5-4-6-20-19-8-7-15-13-22(14-23-22)12-10-17(15)18(19)9-11-21(16,20)2;4*1-3-15-5-4-6-20-19-9-7-14-13-16(22)8-10-17(14)18(19)11-12-21(15,20)2;1-2-4-5-3-1;2*1-2;1-3-2;2*1-2;;;;;;;;;/h3,15,17-20H,4-14H2,1-2H3;2*3,14,16-20,22H,4-13H2,1-2H3;2*3,14,17-20H,4-13H2,1-2H3;1-4H2;2*1-2H3;1H3;2H,1H3;1H3;5*1H4;;;;/q;;;;;;;;;;-1;;;;;;;2*+1;-1/b16-3+;15-3+;;15-3+;;;;;;;;;;;;;;;;/t15-,17-,18+,19+,20-,21+,22+;14-,16-,17-,18+,19+,20-,21+;14-,16?,17-,18+,19+,20-,21+;2*14-,17-,18+,19+,20-,21+;;;;;;;;;;;;;;;/m00000.............../s1/i;;;;;;2*1D;;;;;;;;;;;;. The number of carbonyl (C=O) groups is 2. The zero-order chi connectivity index (χ0) is 92.6. The first kappa shape index (κ1) is 124. The molecule has 3 N–H and O–H groups in total. The Bertz CT molecular complexity index is 3460. The number of Topliss-reactive ketones (excluding diaryl/α,β-unsaturated/α-hetero) is 2. The molecule has 13 heteroatoms. The van der Waals surface area contributed by atoms with Crippen LogP contribution in [0.2, 0.25) is 0 Å². The van der Waals surface area contributed by atoms with E-state index in [1.54, 1.807) is 36.1 Å². The molecule has 1 unspecified atom stereocenters. The van der Waals surface area contributed by atoms with E-state index >= 15 is 0 Å². The van der Waals surface area contributed by atoms with Crippen molar-refractivity contribution in [2.24, 2.45) is 175 Å². The van der Waals surface area contributed by atoms with Gasteiger partial charge in [-0.15, -0.1) is 0 Å². The van der Waals surface area contributed by atoms with Gasteiger partial charge in [-0.2, -0.15) is 11.0 Å². The van der Waals surface area contributed by atoms with Crippen molar-refractivity contribution in [3.63, 3.8) is 0 Å². The van der Waals surface area contributed by atoms with Gasteiger partial charge in [0.05, 0.1) is 24.4 Å². The molecule has 22 fully saturated rings. The predicted molar refractivity (Wildman–Crippen MR) is 570 cm³/mol. The normalized spacial score (nSPS) is 44.9. The monoisotopic (exact) mass is 1920 g/mol. The molecule has 0 aromatic rings. The van der Waals surface area contributed by atoms with Gasteiger partial charge >= 0.3 is 59.1 Å². The third-order valence-corrected chi connectivity index (χ3v) is 43.0. The molecular formula is C122H217BFNa2O8S. The minimum Gasteiger partial charge on any atom is -1.00 e. The van der Waals surface area contributed by atoms with E-state index in [0.717, 1.165) is 233 Å². The Balaban J connectivity index is 0.000000418. The molecule has 22 rings (SSSR count). The van der Waals surface area contributed by atoms with E-state index in [0.29, 0.717) is 58.0 Å². The molecular weight excluding hydrogens is 1700 g/mol.